The van der Waals surface area contributed by atoms with Crippen LogP contribution in [0.2, 0.25) is 0 Å². The summed E-state index contributed by atoms with van der Waals surface area (Å²) >= 11 is 0. The van der Waals surface area contributed by atoms with Crippen LogP contribution in [0.25, 0.3) is 0 Å². The molecule has 0 radical (unpaired) electrons. The standard InChI is InChI=1S/C18H20N6O2S/c1-14-5-4-6-15(11-14)27(25,26)23-10-9-20-17-12-18(22-13-21-17)24-16-7-2-3-8-19-16/h2-8,11-13,23H,9-10H2,1H3,(H2,19,20,21,22,24). The molecule has 0 aliphatic heterocycles. The Morgan fingerprint density at radius 2 is 1.74 bits per heavy atom. The van der Waals surface area contributed by atoms with Crippen LogP contribution in [0.3, 0.4) is 0 Å². The number of pyridine rings is 1. The quantitative estimate of drug-likeness (QED) is 0.511. The van der Waals surface area contributed by atoms with Crippen molar-refractivity contribution in [3.63, 3.8) is 0 Å². The maximum atomic E-state index is 12.3. The number of nitrogens with one attached hydrogen (secondary N) is 3. The molecule has 0 saturated heterocycles. The molecule has 2 heterocycles. The molecule has 3 N–H and O–H groups in total. The van der Waals surface area contributed by atoms with Gasteiger partial charge in [-0.3, -0.25) is 0 Å². The van der Waals surface area contributed by atoms with E-state index in [9.17, 15) is 8.42 Å². The van der Waals surface area contributed by atoms with Crippen LogP contribution in [0.15, 0.2) is 66.0 Å². The van der Waals surface area contributed by atoms with Gasteiger partial charge in [-0.05, 0) is 36.8 Å². The summed E-state index contributed by atoms with van der Waals surface area (Å²) in [5.41, 5.74) is 0.893. The van der Waals surface area contributed by atoms with Gasteiger partial charge < -0.3 is 10.6 Å². The zero-order valence-electron chi connectivity index (χ0n) is 14.8. The Balaban J connectivity index is 1.53. The first-order chi connectivity index (χ1) is 13.0. The summed E-state index contributed by atoms with van der Waals surface area (Å²) in [4.78, 5) is 12.7. The summed E-state index contributed by atoms with van der Waals surface area (Å²) in [7, 11) is -3.53. The maximum absolute atomic E-state index is 12.3. The highest BCUT2D eigenvalue weighted by atomic mass is 32.2. The molecule has 8 nitrogen and oxygen atoms in total. The van der Waals surface area contributed by atoms with Gasteiger partial charge in [-0.2, -0.15) is 0 Å². The number of hydrogen-bond acceptors (Lipinski definition) is 7. The molecule has 0 saturated carbocycles. The zero-order chi connectivity index (χ0) is 19.1. The number of aromatic nitrogens is 3. The van der Waals surface area contributed by atoms with E-state index in [1.165, 1.54) is 6.33 Å². The van der Waals surface area contributed by atoms with Crippen LogP contribution in [0.1, 0.15) is 5.56 Å². The molecule has 3 aromatic rings. The molecule has 2 aromatic heterocycles. The molecular weight excluding hydrogens is 364 g/mol. The van der Waals surface area contributed by atoms with Gasteiger partial charge >= 0.3 is 0 Å². The largest absolute Gasteiger partial charge is 0.369 e. The van der Waals surface area contributed by atoms with Gasteiger partial charge in [0.2, 0.25) is 10.0 Å². The highest BCUT2D eigenvalue weighted by molar-refractivity contribution is 7.89. The van der Waals surface area contributed by atoms with Gasteiger partial charge in [-0.1, -0.05) is 18.2 Å². The Morgan fingerprint density at radius 3 is 2.52 bits per heavy atom. The smallest absolute Gasteiger partial charge is 0.240 e. The van der Waals surface area contributed by atoms with E-state index in [1.54, 1.807) is 30.5 Å². The van der Waals surface area contributed by atoms with Crippen molar-refractivity contribution in [2.75, 3.05) is 23.7 Å². The van der Waals surface area contributed by atoms with Gasteiger partial charge in [0.1, 0.15) is 23.8 Å². The molecule has 0 atom stereocenters. The fourth-order valence-corrected chi connectivity index (χ4v) is 3.47. The fourth-order valence-electron chi connectivity index (χ4n) is 2.33. The Kier molecular flexibility index (Phi) is 5.94. The van der Waals surface area contributed by atoms with Crippen molar-refractivity contribution in [1.29, 1.82) is 0 Å². The summed E-state index contributed by atoms with van der Waals surface area (Å²) in [6.07, 6.45) is 3.10. The van der Waals surface area contributed by atoms with Crippen LogP contribution >= 0.6 is 0 Å². The van der Waals surface area contributed by atoms with Crippen molar-refractivity contribution in [1.82, 2.24) is 19.7 Å². The number of hydrogen-bond donors (Lipinski definition) is 3. The second kappa shape index (κ2) is 8.56. The molecule has 27 heavy (non-hydrogen) atoms. The van der Waals surface area contributed by atoms with Crippen LogP contribution in [0, 0.1) is 6.92 Å². The Hall–Kier alpha value is -3.04. The van der Waals surface area contributed by atoms with E-state index in [0.717, 1.165) is 5.56 Å². The van der Waals surface area contributed by atoms with Gasteiger partial charge in [-0.15, -0.1) is 0 Å². The first kappa shape index (κ1) is 18.7. The van der Waals surface area contributed by atoms with Crippen LogP contribution in [-0.4, -0.2) is 36.5 Å². The van der Waals surface area contributed by atoms with Crippen LogP contribution in [0.4, 0.5) is 17.5 Å². The van der Waals surface area contributed by atoms with Crippen LogP contribution in [-0.2, 0) is 10.0 Å². The molecule has 0 spiro atoms. The van der Waals surface area contributed by atoms with Crippen LogP contribution < -0.4 is 15.4 Å². The average Bonchev–Trinajstić information content (AvgIpc) is 2.66. The van der Waals surface area contributed by atoms with Gasteiger partial charge in [0.15, 0.2) is 0 Å². The van der Waals surface area contributed by atoms with E-state index in [4.69, 9.17) is 0 Å². The molecule has 0 unspecified atom stereocenters. The number of aryl methyl sites for hydroxylation is 1. The van der Waals surface area contributed by atoms with Crippen molar-refractivity contribution in [3.8, 4) is 0 Å². The fraction of sp³-hybridized carbons (Fsp3) is 0.167. The molecule has 0 aliphatic rings. The first-order valence-electron chi connectivity index (χ1n) is 8.33. The molecule has 0 bridgehead atoms. The lowest BCUT2D eigenvalue weighted by Crippen LogP contribution is -2.29. The molecule has 3 rings (SSSR count). The minimum absolute atomic E-state index is 0.225. The normalized spacial score (nSPS) is 11.1. The van der Waals surface area contributed by atoms with E-state index in [-0.39, 0.29) is 11.4 Å². The molecular formula is C18H20N6O2S. The lowest BCUT2D eigenvalue weighted by Gasteiger charge is -2.10. The van der Waals surface area contributed by atoms with E-state index in [1.807, 2.05) is 31.2 Å². The van der Waals surface area contributed by atoms with Crippen LogP contribution in [0.5, 0.6) is 0 Å². The molecule has 1 aromatic carbocycles. The molecule has 140 valence electrons. The SMILES string of the molecule is Cc1cccc(S(=O)(=O)NCCNc2cc(Nc3ccccn3)ncn2)c1. The summed E-state index contributed by atoms with van der Waals surface area (Å²) in [6.45, 7) is 2.46. The molecule has 0 amide bonds. The predicted molar refractivity (Wildman–Crippen MR) is 104 cm³/mol. The first-order valence-corrected chi connectivity index (χ1v) is 9.81. The highest BCUT2D eigenvalue weighted by Gasteiger charge is 2.12. The third-order valence-electron chi connectivity index (χ3n) is 3.61. The second-order valence-electron chi connectivity index (χ2n) is 5.77. The average molecular weight is 384 g/mol. The van der Waals surface area contributed by atoms with Crippen molar-refractivity contribution >= 4 is 27.5 Å². The topological polar surface area (TPSA) is 109 Å². The highest BCUT2D eigenvalue weighted by Crippen LogP contribution is 2.14. The third-order valence-corrected chi connectivity index (χ3v) is 5.07. The Morgan fingerprint density at radius 1 is 0.889 bits per heavy atom. The molecule has 0 aliphatic carbocycles. The van der Waals surface area contributed by atoms with Gasteiger partial charge in [-0.25, -0.2) is 28.1 Å². The summed E-state index contributed by atoms with van der Waals surface area (Å²) in [5, 5.41) is 6.14. The number of nitrogens with zero attached hydrogens (tertiary/aromatic N) is 3. The van der Waals surface area contributed by atoms with E-state index in [2.05, 4.69) is 30.3 Å². The summed E-state index contributed by atoms with van der Waals surface area (Å²) in [6, 6.07) is 14.0. The molecule has 0 fully saturated rings. The van der Waals surface area contributed by atoms with Gasteiger partial charge in [0.25, 0.3) is 0 Å². The number of rotatable bonds is 8. The Labute approximate surface area is 158 Å². The molecule has 9 heteroatoms. The van der Waals surface area contributed by atoms with E-state index < -0.39 is 10.0 Å². The minimum atomic E-state index is -3.53. The van der Waals surface area contributed by atoms with Crippen molar-refractivity contribution < 1.29 is 8.42 Å². The maximum Gasteiger partial charge on any atom is 0.240 e. The van der Waals surface area contributed by atoms with Crippen molar-refractivity contribution in [2.24, 2.45) is 0 Å². The predicted octanol–water partition coefficient (Wildman–Crippen LogP) is 2.31. The lowest BCUT2D eigenvalue weighted by atomic mass is 10.2. The summed E-state index contributed by atoms with van der Waals surface area (Å²) < 4.78 is 27.1. The monoisotopic (exact) mass is 384 g/mol. The van der Waals surface area contributed by atoms with Gasteiger partial charge in [0, 0.05) is 25.4 Å². The van der Waals surface area contributed by atoms with Gasteiger partial charge in [0.05, 0.1) is 4.90 Å². The number of benzene rings is 1. The summed E-state index contributed by atoms with van der Waals surface area (Å²) in [5.74, 6) is 1.85. The number of sulfonamides is 1. The van der Waals surface area contributed by atoms with E-state index in [0.29, 0.717) is 24.0 Å². The zero-order valence-corrected chi connectivity index (χ0v) is 15.6. The lowest BCUT2D eigenvalue weighted by molar-refractivity contribution is 0.583. The Bertz CT molecular complexity index is 995. The number of anilines is 3. The van der Waals surface area contributed by atoms with E-state index >= 15 is 0 Å². The van der Waals surface area contributed by atoms with Crippen molar-refractivity contribution in [2.45, 2.75) is 11.8 Å². The third kappa shape index (κ3) is 5.47. The minimum Gasteiger partial charge on any atom is -0.369 e. The van der Waals surface area contributed by atoms with Crippen molar-refractivity contribution in [3.05, 3.63) is 66.6 Å². The second-order valence-corrected chi connectivity index (χ2v) is 7.54.